The summed E-state index contributed by atoms with van der Waals surface area (Å²) in [4.78, 5) is 13.0. The Hall–Kier alpha value is -1.91. The van der Waals surface area contributed by atoms with E-state index in [-0.39, 0.29) is 0 Å². The van der Waals surface area contributed by atoms with Gasteiger partial charge in [0, 0.05) is 18.3 Å². The maximum atomic E-state index is 4.43. The van der Waals surface area contributed by atoms with Crippen molar-refractivity contribution in [1.82, 2.24) is 19.5 Å². The molecule has 90 valence electrons. The predicted molar refractivity (Wildman–Crippen MR) is 67.5 cm³/mol. The largest absolute Gasteiger partial charge is 0.370 e. The van der Waals surface area contributed by atoms with Gasteiger partial charge in [-0.05, 0) is 27.7 Å². The van der Waals surface area contributed by atoms with Gasteiger partial charge in [0.15, 0.2) is 0 Å². The zero-order chi connectivity index (χ0) is 12.4. The molecule has 0 saturated heterocycles. The molecule has 2 aromatic heterocycles. The van der Waals surface area contributed by atoms with Crippen molar-refractivity contribution < 1.29 is 0 Å². The van der Waals surface area contributed by atoms with Crippen LogP contribution in [-0.4, -0.2) is 26.1 Å². The van der Waals surface area contributed by atoms with Crippen LogP contribution in [0.3, 0.4) is 0 Å². The van der Waals surface area contributed by atoms with Crippen LogP contribution in [0, 0.1) is 20.8 Å². The molecule has 5 heteroatoms. The molecule has 2 heterocycles. The SMILES string of the molecule is CCNc1cc(-n2cnc(C)c2C)nc(C)n1. The summed E-state index contributed by atoms with van der Waals surface area (Å²) in [7, 11) is 0. The van der Waals surface area contributed by atoms with Gasteiger partial charge < -0.3 is 5.32 Å². The lowest BCUT2D eigenvalue weighted by molar-refractivity contribution is 0.909. The summed E-state index contributed by atoms with van der Waals surface area (Å²) < 4.78 is 1.98. The summed E-state index contributed by atoms with van der Waals surface area (Å²) in [6, 6.07) is 1.94. The van der Waals surface area contributed by atoms with Gasteiger partial charge >= 0.3 is 0 Å². The molecule has 2 rings (SSSR count). The Morgan fingerprint density at radius 1 is 1.24 bits per heavy atom. The number of anilines is 1. The van der Waals surface area contributed by atoms with Crippen molar-refractivity contribution in [3.8, 4) is 5.82 Å². The monoisotopic (exact) mass is 231 g/mol. The molecule has 0 amide bonds. The standard InChI is InChI=1S/C12H17N5/c1-5-13-11-6-12(16-10(4)15-11)17-7-14-8(2)9(17)3/h6-7H,5H2,1-4H3,(H,13,15,16). The zero-order valence-corrected chi connectivity index (χ0v) is 10.7. The Labute approximate surface area is 101 Å². The van der Waals surface area contributed by atoms with Crippen molar-refractivity contribution in [1.29, 1.82) is 0 Å². The van der Waals surface area contributed by atoms with Crippen LogP contribution in [0.2, 0.25) is 0 Å². The van der Waals surface area contributed by atoms with Crippen LogP contribution in [0.25, 0.3) is 5.82 Å². The van der Waals surface area contributed by atoms with Gasteiger partial charge in [-0.15, -0.1) is 0 Å². The van der Waals surface area contributed by atoms with E-state index < -0.39 is 0 Å². The van der Waals surface area contributed by atoms with Crippen LogP contribution < -0.4 is 5.32 Å². The molecule has 0 aliphatic carbocycles. The third kappa shape index (κ3) is 2.27. The Balaban J connectivity index is 2.48. The van der Waals surface area contributed by atoms with E-state index in [1.54, 1.807) is 6.33 Å². The Bertz CT molecular complexity index is 530. The number of rotatable bonds is 3. The minimum absolute atomic E-state index is 0.754. The van der Waals surface area contributed by atoms with Gasteiger partial charge in [0.25, 0.3) is 0 Å². The van der Waals surface area contributed by atoms with Crippen LogP contribution in [0.15, 0.2) is 12.4 Å². The second-order valence-electron chi connectivity index (χ2n) is 3.97. The highest BCUT2D eigenvalue weighted by Crippen LogP contribution is 2.14. The molecule has 0 aromatic carbocycles. The van der Waals surface area contributed by atoms with E-state index in [9.17, 15) is 0 Å². The van der Waals surface area contributed by atoms with Gasteiger partial charge in [0.05, 0.1) is 5.69 Å². The van der Waals surface area contributed by atoms with E-state index >= 15 is 0 Å². The van der Waals surface area contributed by atoms with E-state index in [1.165, 1.54) is 0 Å². The predicted octanol–water partition coefficient (Wildman–Crippen LogP) is 2.02. The molecule has 0 spiro atoms. The second kappa shape index (κ2) is 4.53. The molecule has 0 bridgehead atoms. The molecule has 0 radical (unpaired) electrons. The molecular weight excluding hydrogens is 214 g/mol. The average Bonchev–Trinajstić information content (AvgIpc) is 2.59. The number of nitrogens with zero attached hydrogens (tertiary/aromatic N) is 4. The van der Waals surface area contributed by atoms with E-state index in [0.29, 0.717) is 0 Å². The summed E-state index contributed by atoms with van der Waals surface area (Å²) in [5.74, 6) is 2.46. The third-order valence-corrected chi connectivity index (χ3v) is 2.68. The number of aryl methyl sites for hydroxylation is 2. The Kier molecular flexibility index (Phi) is 3.08. The number of hydrogen-bond acceptors (Lipinski definition) is 4. The number of imidazole rings is 1. The highest BCUT2D eigenvalue weighted by atomic mass is 15.1. The maximum Gasteiger partial charge on any atom is 0.143 e. The van der Waals surface area contributed by atoms with Crippen molar-refractivity contribution >= 4 is 5.82 Å². The molecular formula is C12H17N5. The van der Waals surface area contributed by atoms with Gasteiger partial charge in [-0.2, -0.15) is 0 Å². The van der Waals surface area contributed by atoms with Gasteiger partial charge in [0.2, 0.25) is 0 Å². The molecule has 0 aliphatic heterocycles. The van der Waals surface area contributed by atoms with E-state index in [4.69, 9.17) is 0 Å². The van der Waals surface area contributed by atoms with Gasteiger partial charge in [-0.3, -0.25) is 4.57 Å². The van der Waals surface area contributed by atoms with Crippen molar-refractivity contribution in [2.45, 2.75) is 27.7 Å². The van der Waals surface area contributed by atoms with Gasteiger partial charge in [-0.25, -0.2) is 15.0 Å². The summed E-state index contributed by atoms with van der Waals surface area (Å²) in [6.07, 6.45) is 1.79. The van der Waals surface area contributed by atoms with Gasteiger partial charge in [0.1, 0.15) is 23.8 Å². The number of nitrogens with one attached hydrogen (secondary N) is 1. The topological polar surface area (TPSA) is 55.6 Å². The first kappa shape index (κ1) is 11.6. The van der Waals surface area contributed by atoms with Crippen molar-refractivity contribution in [3.63, 3.8) is 0 Å². The summed E-state index contributed by atoms with van der Waals surface area (Å²) in [6.45, 7) is 8.81. The van der Waals surface area contributed by atoms with Crippen molar-refractivity contribution in [2.75, 3.05) is 11.9 Å². The van der Waals surface area contributed by atoms with Crippen LogP contribution in [0.5, 0.6) is 0 Å². The highest BCUT2D eigenvalue weighted by molar-refractivity contribution is 5.42. The van der Waals surface area contributed by atoms with Crippen LogP contribution in [0.4, 0.5) is 5.82 Å². The molecule has 0 atom stereocenters. The van der Waals surface area contributed by atoms with E-state index in [0.717, 1.165) is 35.4 Å². The van der Waals surface area contributed by atoms with Crippen molar-refractivity contribution in [3.05, 3.63) is 29.6 Å². The molecule has 17 heavy (non-hydrogen) atoms. The maximum absolute atomic E-state index is 4.43. The lowest BCUT2D eigenvalue weighted by Crippen LogP contribution is -2.06. The highest BCUT2D eigenvalue weighted by Gasteiger charge is 2.07. The normalized spacial score (nSPS) is 10.6. The molecule has 1 N–H and O–H groups in total. The second-order valence-corrected chi connectivity index (χ2v) is 3.97. The Morgan fingerprint density at radius 3 is 2.59 bits per heavy atom. The van der Waals surface area contributed by atoms with Crippen LogP contribution in [-0.2, 0) is 0 Å². The molecule has 0 unspecified atom stereocenters. The summed E-state index contributed by atoms with van der Waals surface area (Å²) >= 11 is 0. The fourth-order valence-corrected chi connectivity index (χ4v) is 1.68. The number of aromatic nitrogens is 4. The first-order chi connectivity index (χ1) is 8.11. The quantitative estimate of drug-likeness (QED) is 0.878. The smallest absolute Gasteiger partial charge is 0.143 e. The minimum atomic E-state index is 0.754. The van der Waals surface area contributed by atoms with Crippen molar-refractivity contribution in [2.24, 2.45) is 0 Å². The molecule has 0 fully saturated rings. The minimum Gasteiger partial charge on any atom is -0.370 e. The van der Waals surface area contributed by atoms with Gasteiger partial charge in [-0.1, -0.05) is 0 Å². The lowest BCUT2D eigenvalue weighted by Gasteiger charge is -2.08. The fourth-order valence-electron chi connectivity index (χ4n) is 1.68. The van der Waals surface area contributed by atoms with Crippen LogP contribution in [0.1, 0.15) is 24.1 Å². The third-order valence-electron chi connectivity index (χ3n) is 2.68. The summed E-state index contributed by atoms with van der Waals surface area (Å²) in [5, 5.41) is 3.20. The van der Waals surface area contributed by atoms with E-state index in [1.807, 2.05) is 38.3 Å². The average molecular weight is 231 g/mol. The lowest BCUT2D eigenvalue weighted by atomic mass is 10.3. The molecule has 0 aliphatic rings. The van der Waals surface area contributed by atoms with Crippen LogP contribution >= 0.6 is 0 Å². The molecule has 0 saturated carbocycles. The molecule has 2 aromatic rings. The Morgan fingerprint density at radius 2 is 2.00 bits per heavy atom. The first-order valence-electron chi connectivity index (χ1n) is 5.72. The molecule has 5 nitrogen and oxygen atoms in total. The number of hydrogen-bond donors (Lipinski definition) is 1. The first-order valence-corrected chi connectivity index (χ1v) is 5.72. The van der Waals surface area contributed by atoms with E-state index in [2.05, 4.69) is 20.3 Å². The zero-order valence-electron chi connectivity index (χ0n) is 10.7. The summed E-state index contributed by atoms with van der Waals surface area (Å²) in [5.41, 5.74) is 2.12. The fraction of sp³-hybridized carbons (Fsp3) is 0.417.